The number of aliphatic hydroxyl groups is 1. The Bertz CT molecular complexity index is 1780. The van der Waals surface area contributed by atoms with Crippen LogP contribution < -0.4 is 16.6 Å². The Morgan fingerprint density at radius 3 is 2.45 bits per heavy atom. The number of halogens is 1. The number of pyridine rings is 1. The number of nitrogens with one attached hydrogen (secondary N) is 1. The molecule has 4 N–H and O–H groups in total. The highest BCUT2D eigenvalue weighted by molar-refractivity contribution is 6.30. The number of benzene rings is 3. The lowest BCUT2D eigenvalue weighted by Gasteiger charge is -2.36. The van der Waals surface area contributed by atoms with Gasteiger partial charge in [0, 0.05) is 55.4 Å². The third-order valence-corrected chi connectivity index (χ3v) is 8.69. The molecule has 0 saturated carbocycles. The summed E-state index contributed by atoms with van der Waals surface area (Å²) in [5.74, 6) is -0.171. The van der Waals surface area contributed by atoms with Gasteiger partial charge in [0.05, 0.1) is 11.2 Å². The minimum atomic E-state index is -1.74. The number of amides is 1. The van der Waals surface area contributed by atoms with Crippen LogP contribution >= 0.6 is 11.6 Å². The maximum atomic E-state index is 12.9. The first kappa shape index (κ1) is 31.1. The topological polar surface area (TPSA) is 104 Å². The molecular formula is C35H38ClN5O3. The standard InChI is InChI=1S/C35H38ClN5O3/c1-4-39(2)32(23-37)35(44,26-12-10-24(11-13-26)34(43)38-16-19-41-17-5-6-18-41)27-14-15-31-30(21-27)29(22-33(42)40(31)3)25-8-7-9-28(36)20-25/h4,7-15,20-23,44H,1,5-6,16-19,37H2,2-3H3,(H,38,43)/b32-23-. The van der Waals surface area contributed by atoms with Gasteiger partial charge in [0.1, 0.15) is 0 Å². The summed E-state index contributed by atoms with van der Waals surface area (Å²) >= 11 is 6.31. The van der Waals surface area contributed by atoms with E-state index in [9.17, 15) is 14.7 Å². The van der Waals surface area contributed by atoms with Gasteiger partial charge in [-0.3, -0.25) is 9.59 Å². The maximum Gasteiger partial charge on any atom is 0.251 e. The smallest absolute Gasteiger partial charge is 0.251 e. The SMILES string of the molecule is C=CN(C)/C(=C\N)C(O)(c1ccc(C(=O)NCCN2CCCC2)cc1)c1ccc2c(c1)c(-c1cccc(Cl)c1)cc(=O)n2C. The van der Waals surface area contributed by atoms with Gasteiger partial charge in [-0.1, -0.05) is 48.5 Å². The molecule has 1 atom stereocenters. The number of hydrogen-bond donors (Lipinski definition) is 3. The lowest BCUT2D eigenvalue weighted by atomic mass is 9.81. The highest BCUT2D eigenvalue weighted by Crippen LogP contribution is 2.40. The van der Waals surface area contributed by atoms with E-state index in [1.54, 1.807) is 78.3 Å². The monoisotopic (exact) mass is 611 g/mol. The van der Waals surface area contributed by atoms with Gasteiger partial charge in [0.25, 0.3) is 11.5 Å². The zero-order valence-electron chi connectivity index (χ0n) is 25.1. The molecule has 1 aromatic heterocycles. The van der Waals surface area contributed by atoms with Crippen molar-refractivity contribution >= 4 is 28.4 Å². The van der Waals surface area contributed by atoms with Crippen molar-refractivity contribution < 1.29 is 9.90 Å². The van der Waals surface area contributed by atoms with Crippen molar-refractivity contribution in [3.05, 3.63) is 130 Å². The Balaban J connectivity index is 1.59. The number of likely N-dealkylation sites (N-methyl/N-ethyl adjacent to an activating group) is 1. The summed E-state index contributed by atoms with van der Waals surface area (Å²) in [6.07, 6.45) is 5.32. The number of aromatic nitrogens is 1. The van der Waals surface area contributed by atoms with Crippen LogP contribution in [-0.4, -0.2) is 58.6 Å². The maximum absolute atomic E-state index is 12.9. The Morgan fingerprint density at radius 2 is 1.80 bits per heavy atom. The molecule has 0 aliphatic carbocycles. The first-order valence-electron chi connectivity index (χ1n) is 14.7. The number of hydrogen-bond acceptors (Lipinski definition) is 6. The van der Waals surface area contributed by atoms with E-state index in [0.717, 1.165) is 30.6 Å². The predicted molar refractivity (Wildman–Crippen MR) is 177 cm³/mol. The zero-order valence-corrected chi connectivity index (χ0v) is 25.8. The van der Waals surface area contributed by atoms with Gasteiger partial charge in [-0.25, -0.2) is 0 Å². The summed E-state index contributed by atoms with van der Waals surface area (Å²) in [6, 6.07) is 21.2. The van der Waals surface area contributed by atoms with Gasteiger partial charge in [-0.05, 0) is 90.8 Å². The normalized spacial score (nSPS) is 15.2. The van der Waals surface area contributed by atoms with Gasteiger partial charge in [0.2, 0.25) is 0 Å². The molecule has 1 fully saturated rings. The molecule has 1 saturated heterocycles. The van der Waals surface area contributed by atoms with E-state index in [1.165, 1.54) is 19.0 Å². The summed E-state index contributed by atoms with van der Waals surface area (Å²) < 4.78 is 1.57. The van der Waals surface area contributed by atoms with Crippen molar-refractivity contribution in [1.82, 2.24) is 19.7 Å². The zero-order chi connectivity index (χ0) is 31.4. The number of aryl methyl sites for hydroxylation is 1. The van der Waals surface area contributed by atoms with E-state index in [2.05, 4.69) is 16.8 Å². The first-order valence-corrected chi connectivity index (χ1v) is 15.1. The molecule has 1 aliphatic heterocycles. The molecule has 0 bridgehead atoms. The molecule has 1 aliphatic rings. The quantitative estimate of drug-likeness (QED) is 0.238. The Kier molecular flexibility index (Phi) is 9.25. The summed E-state index contributed by atoms with van der Waals surface area (Å²) in [4.78, 5) is 29.8. The van der Waals surface area contributed by atoms with Crippen LogP contribution in [0.25, 0.3) is 22.0 Å². The van der Waals surface area contributed by atoms with Gasteiger partial charge in [0.15, 0.2) is 5.60 Å². The van der Waals surface area contributed by atoms with Crippen LogP contribution in [0.3, 0.4) is 0 Å². The van der Waals surface area contributed by atoms with Crippen molar-refractivity contribution in [2.45, 2.75) is 18.4 Å². The van der Waals surface area contributed by atoms with E-state index in [1.807, 2.05) is 24.3 Å². The van der Waals surface area contributed by atoms with Crippen LogP contribution in [0.1, 0.15) is 34.3 Å². The molecule has 0 spiro atoms. The molecule has 9 heteroatoms. The predicted octanol–water partition coefficient (Wildman–Crippen LogP) is 4.80. The number of carbonyl (C=O) groups excluding carboxylic acids is 1. The van der Waals surface area contributed by atoms with Crippen molar-refractivity contribution in [2.24, 2.45) is 12.8 Å². The van der Waals surface area contributed by atoms with Crippen molar-refractivity contribution in [1.29, 1.82) is 0 Å². The molecule has 1 unspecified atom stereocenters. The second-order valence-corrected chi connectivity index (χ2v) is 11.6. The van der Waals surface area contributed by atoms with Gasteiger partial charge >= 0.3 is 0 Å². The number of rotatable bonds is 10. The lowest BCUT2D eigenvalue weighted by molar-refractivity contribution is 0.0940. The molecule has 8 nitrogen and oxygen atoms in total. The van der Waals surface area contributed by atoms with E-state index in [-0.39, 0.29) is 11.5 Å². The van der Waals surface area contributed by atoms with Crippen LogP contribution in [-0.2, 0) is 12.6 Å². The fraction of sp³-hybridized carbons (Fsp3) is 0.257. The van der Waals surface area contributed by atoms with Crippen LogP contribution in [0.5, 0.6) is 0 Å². The third kappa shape index (κ3) is 6.01. The fourth-order valence-corrected chi connectivity index (χ4v) is 6.12. The van der Waals surface area contributed by atoms with E-state index < -0.39 is 5.60 Å². The molecule has 3 aromatic carbocycles. The van der Waals surface area contributed by atoms with Gasteiger partial charge in [-0.2, -0.15) is 0 Å². The number of nitrogens with zero attached hydrogens (tertiary/aromatic N) is 3. The highest BCUT2D eigenvalue weighted by Gasteiger charge is 2.38. The first-order chi connectivity index (χ1) is 21.2. The highest BCUT2D eigenvalue weighted by atomic mass is 35.5. The molecule has 2 heterocycles. The Hall–Kier alpha value is -4.37. The summed E-state index contributed by atoms with van der Waals surface area (Å²) in [5.41, 5.74) is 8.27. The number of nitrogens with two attached hydrogens (primary N) is 1. The van der Waals surface area contributed by atoms with Crippen molar-refractivity contribution in [2.75, 3.05) is 33.2 Å². The van der Waals surface area contributed by atoms with E-state index >= 15 is 0 Å². The lowest BCUT2D eigenvalue weighted by Crippen LogP contribution is -2.37. The van der Waals surface area contributed by atoms with Gasteiger partial charge in [-0.15, -0.1) is 0 Å². The number of likely N-dealkylation sites (tertiary alicyclic amines) is 1. The average Bonchev–Trinajstić information content (AvgIpc) is 3.56. The van der Waals surface area contributed by atoms with Crippen LogP contribution in [0.2, 0.25) is 5.02 Å². The Labute approximate surface area is 262 Å². The van der Waals surface area contributed by atoms with Gasteiger partial charge < -0.3 is 30.5 Å². The summed E-state index contributed by atoms with van der Waals surface area (Å²) in [7, 11) is 3.46. The van der Waals surface area contributed by atoms with Crippen LogP contribution in [0.4, 0.5) is 0 Å². The van der Waals surface area contributed by atoms with E-state index in [0.29, 0.717) is 45.0 Å². The molecule has 4 aromatic rings. The summed E-state index contributed by atoms with van der Waals surface area (Å²) in [6.45, 7) is 7.42. The van der Waals surface area contributed by atoms with Crippen LogP contribution in [0.15, 0.2) is 102 Å². The van der Waals surface area contributed by atoms with Crippen molar-refractivity contribution in [3.63, 3.8) is 0 Å². The molecule has 44 heavy (non-hydrogen) atoms. The minimum Gasteiger partial charge on any atom is -0.403 e. The second-order valence-electron chi connectivity index (χ2n) is 11.1. The third-order valence-electron chi connectivity index (χ3n) is 8.46. The number of carbonyl (C=O) groups is 1. The molecule has 5 rings (SSSR count). The Morgan fingerprint density at radius 1 is 1.09 bits per heavy atom. The molecule has 228 valence electrons. The summed E-state index contributed by atoms with van der Waals surface area (Å²) in [5, 5.41) is 17.0. The van der Waals surface area contributed by atoms with Crippen LogP contribution in [0, 0.1) is 0 Å². The largest absolute Gasteiger partial charge is 0.403 e. The van der Waals surface area contributed by atoms with Crippen molar-refractivity contribution in [3.8, 4) is 11.1 Å². The molecule has 0 radical (unpaired) electrons. The average molecular weight is 612 g/mol. The number of fused-ring (bicyclic) bond motifs is 1. The van der Waals surface area contributed by atoms with E-state index in [4.69, 9.17) is 17.3 Å². The second kappa shape index (κ2) is 13.1. The minimum absolute atomic E-state index is 0.168. The molecule has 1 amide bonds. The molecular weight excluding hydrogens is 574 g/mol. The fourth-order valence-electron chi connectivity index (χ4n) is 5.93.